The molecule has 0 unspecified atom stereocenters. The normalized spacial score (nSPS) is 11.7. The van der Waals surface area contributed by atoms with E-state index < -0.39 is 31.2 Å². The Labute approximate surface area is 220 Å². The molecule has 0 aliphatic carbocycles. The minimum atomic E-state index is -1.65. The fourth-order valence-electron chi connectivity index (χ4n) is 2.02. The quantitative estimate of drug-likeness (QED) is 0.0714. The van der Waals surface area contributed by atoms with Crippen molar-refractivity contribution in [3.63, 3.8) is 0 Å². The highest BCUT2D eigenvalue weighted by atomic mass is 31.2. The fraction of sp³-hybridized carbons (Fsp3) is 0.500. The van der Waals surface area contributed by atoms with E-state index in [1.54, 1.807) is 36.5 Å². The maximum atomic E-state index is 6.04. The third-order valence-electron chi connectivity index (χ3n) is 3.97. The molecule has 206 valence electrons. The second kappa shape index (κ2) is 24.7. The molecule has 36 heavy (non-hydrogen) atoms. The van der Waals surface area contributed by atoms with E-state index in [1.807, 2.05) is 6.92 Å². The van der Waals surface area contributed by atoms with Crippen LogP contribution in [0.1, 0.15) is 13.3 Å². The van der Waals surface area contributed by atoms with E-state index in [9.17, 15) is 0 Å². The summed E-state index contributed by atoms with van der Waals surface area (Å²) in [5.74, 6) is 0. The van der Waals surface area contributed by atoms with Crippen LogP contribution >= 0.6 is 25.8 Å². The van der Waals surface area contributed by atoms with Crippen molar-refractivity contribution < 1.29 is 40.7 Å². The first-order chi connectivity index (χ1) is 17.5. The maximum Gasteiger partial charge on any atom is 0.333 e. The van der Waals surface area contributed by atoms with Crippen molar-refractivity contribution in [1.29, 1.82) is 0 Å². The van der Waals surface area contributed by atoms with Gasteiger partial charge in [0.25, 0.3) is 0 Å². The molecule has 0 amide bonds. The highest BCUT2D eigenvalue weighted by molar-refractivity contribution is 7.42. The summed E-state index contributed by atoms with van der Waals surface area (Å²) >= 11 is 0. The number of rotatable bonds is 28. The second-order valence-electron chi connectivity index (χ2n) is 6.85. The van der Waals surface area contributed by atoms with E-state index in [2.05, 4.69) is 39.5 Å². The van der Waals surface area contributed by atoms with Gasteiger partial charge in [-0.25, -0.2) is 0 Å². The lowest BCUT2D eigenvalue weighted by atomic mass is 9.88. The van der Waals surface area contributed by atoms with E-state index in [0.29, 0.717) is 6.42 Å². The van der Waals surface area contributed by atoms with Crippen molar-refractivity contribution in [3.8, 4) is 0 Å². The molecular formula is C24H41O9P3. The van der Waals surface area contributed by atoms with Crippen molar-refractivity contribution in [2.24, 2.45) is 5.41 Å². The zero-order chi connectivity index (χ0) is 26.9. The van der Waals surface area contributed by atoms with Crippen molar-refractivity contribution in [3.05, 3.63) is 75.9 Å². The van der Waals surface area contributed by atoms with Crippen LogP contribution in [0.25, 0.3) is 0 Å². The largest absolute Gasteiger partial charge is 0.333 e. The van der Waals surface area contributed by atoms with Gasteiger partial charge in [0, 0.05) is 5.41 Å². The standard InChI is InChI=1S/C24H41O9P3/c1-8-15-25-34(26-16-9-2)31-21-24(14-7,22-32-35(27-17-10-3)28-18-11-4)23-33-36(29-19-12-5)30-20-13-6/h8-13H,1-6,14-23H2,7H3. The monoisotopic (exact) mass is 566 g/mol. The zero-order valence-electron chi connectivity index (χ0n) is 21.3. The molecule has 0 aromatic rings. The predicted octanol–water partition coefficient (Wildman–Crippen LogP) is 7.33. The van der Waals surface area contributed by atoms with Crippen molar-refractivity contribution in [2.45, 2.75) is 13.3 Å². The predicted molar refractivity (Wildman–Crippen MR) is 148 cm³/mol. The van der Waals surface area contributed by atoms with Crippen LogP contribution in [0.15, 0.2) is 75.9 Å². The number of hydrogen-bond acceptors (Lipinski definition) is 9. The summed E-state index contributed by atoms with van der Waals surface area (Å²) in [5.41, 5.74) is -0.638. The average Bonchev–Trinajstić information content (AvgIpc) is 2.90. The molecule has 0 saturated heterocycles. The lowest BCUT2D eigenvalue weighted by Gasteiger charge is -2.34. The van der Waals surface area contributed by atoms with Gasteiger partial charge in [-0.2, -0.15) is 0 Å². The molecular weight excluding hydrogens is 525 g/mol. The van der Waals surface area contributed by atoms with Gasteiger partial charge >= 0.3 is 25.8 Å². The number of hydrogen-bond donors (Lipinski definition) is 0. The van der Waals surface area contributed by atoms with Gasteiger partial charge in [-0.1, -0.05) is 43.4 Å². The van der Waals surface area contributed by atoms with Gasteiger partial charge in [0.05, 0.1) is 59.5 Å². The Hall–Kier alpha value is -0.630. The Kier molecular flexibility index (Phi) is 24.3. The van der Waals surface area contributed by atoms with Gasteiger partial charge in [0.2, 0.25) is 0 Å². The highest BCUT2D eigenvalue weighted by Gasteiger charge is 2.35. The first-order valence-electron chi connectivity index (χ1n) is 11.3. The first kappa shape index (κ1) is 35.4. The van der Waals surface area contributed by atoms with Crippen LogP contribution in [0, 0.1) is 5.41 Å². The average molecular weight is 567 g/mol. The van der Waals surface area contributed by atoms with Crippen LogP contribution in [0.5, 0.6) is 0 Å². The summed E-state index contributed by atoms with van der Waals surface area (Å²) < 4.78 is 51.9. The summed E-state index contributed by atoms with van der Waals surface area (Å²) in [5, 5.41) is 0. The molecule has 0 N–H and O–H groups in total. The molecule has 9 nitrogen and oxygen atoms in total. The Morgan fingerprint density at radius 2 is 0.667 bits per heavy atom. The third kappa shape index (κ3) is 17.8. The Morgan fingerprint density at radius 3 is 0.833 bits per heavy atom. The topological polar surface area (TPSA) is 83.1 Å². The smallest absolute Gasteiger partial charge is 0.311 e. The molecule has 0 spiro atoms. The van der Waals surface area contributed by atoms with Crippen LogP contribution in [-0.4, -0.2) is 59.5 Å². The van der Waals surface area contributed by atoms with Gasteiger partial charge < -0.3 is 40.7 Å². The Balaban J connectivity index is 5.57. The first-order valence-corrected chi connectivity index (χ1v) is 14.5. The molecule has 0 aromatic carbocycles. The molecule has 12 heteroatoms. The van der Waals surface area contributed by atoms with Crippen molar-refractivity contribution in [2.75, 3.05) is 59.5 Å². The van der Waals surface area contributed by atoms with Gasteiger partial charge in [-0.15, -0.1) is 39.5 Å². The summed E-state index contributed by atoms with van der Waals surface area (Å²) in [7, 11) is -4.96. The van der Waals surface area contributed by atoms with Crippen LogP contribution < -0.4 is 0 Å². The van der Waals surface area contributed by atoms with E-state index in [-0.39, 0.29) is 59.5 Å². The van der Waals surface area contributed by atoms with Gasteiger partial charge in [-0.3, -0.25) is 0 Å². The zero-order valence-corrected chi connectivity index (χ0v) is 24.0. The molecule has 0 aromatic heterocycles. The third-order valence-corrected chi connectivity index (χ3v) is 7.14. The van der Waals surface area contributed by atoms with Gasteiger partial charge in [0.1, 0.15) is 0 Å². The van der Waals surface area contributed by atoms with Crippen molar-refractivity contribution in [1.82, 2.24) is 0 Å². The van der Waals surface area contributed by atoms with E-state index >= 15 is 0 Å². The molecule has 0 saturated carbocycles. The summed E-state index contributed by atoms with van der Waals surface area (Å²) in [6.07, 6.45) is 10.4. The van der Waals surface area contributed by atoms with Crippen LogP contribution in [0.2, 0.25) is 0 Å². The van der Waals surface area contributed by atoms with Gasteiger partial charge in [0.15, 0.2) is 0 Å². The minimum Gasteiger partial charge on any atom is -0.311 e. The highest BCUT2D eigenvalue weighted by Crippen LogP contribution is 2.47. The summed E-state index contributed by atoms with van der Waals surface area (Å²) in [6, 6.07) is 0. The summed E-state index contributed by atoms with van der Waals surface area (Å²) in [6.45, 7) is 26.3. The molecule has 0 fully saturated rings. The molecule has 0 aliphatic heterocycles. The van der Waals surface area contributed by atoms with Crippen LogP contribution in [-0.2, 0) is 40.7 Å². The Morgan fingerprint density at radius 1 is 0.444 bits per heavy atom. The minimum absolute atomic E-state index is 0.196. The Bertz CT molecular complexity index is 507. The van der Waals surface area contributed by atoms with Crippen molar-refractivity contribution >= 4 is 25.8 Å². The molecule has 0 radical (unpaired) electrons. The van der Waals surface area contributed by atoms with E-state index in [0.717, 1.165) is 0 Å². The molecule has 0 heterocycles. The summed E-state index contributed by atoms with van der Waals surface area (Å²) in [4.78, 5) is 0. The van der Waals surface area contributed by atoms with Crippen LogP contribution in [0.3, 0.4) is 0 Å². The van der Waals surface area contributed by atoms with Crippen LogP contribution in [0.4, 0.5) is 0 Å². The molecule has 0 atom stereocenters. The second-order valence-corrected chi connectivity index (χ2v) is 10.5. The lowest BCUT2D eigenvalue weighted by molar-refractivity contribution is 0.00660. The molecule has 0 aliphatic rings. The maximum absolute atomic E-state index is 6.04. The van der Waals surface area contributed by atoms with Gasteiger partial charge in [-0.05, 0) is 6.42 Å². The van der Waals surface area contributed by atoms with E-state index in [1.165, 1.54) is 0 Å². The van der Waals surface area contributed by atoms with E-state index in [4.69, 9.17) is 40.7 Å². The lowest BCUT2D eigenvalue weighted by Crippen LogP contribution is -2.35. The fourth-order valence-corrected chi connectivity index (χ4v) is 5.19. The molecule has 0 rings (SSSR count). The SMILES string of the molecule is C=CCOP(OCC=C)OCC(CC)(COP(OCC=C)OCC=C)COP(OCC=C)OCC=C. The molecule has 0 bridgehead atoms.